The number of hydrogen-bond donors (Lipinski definition) is 0. The molecule has 126 valence electrons. The lowest BCUT2D eigenvalue weighted by atomic mass is 10.0. The van der Waals surface area contributed by atoms with E-state index in [2.05, 4.69) is 6.58 Å². The molecule has 0 fully saturated rings. The van der Waals surface area contributed by atoms with Crippen LogP contribution in [0, 0.1) is 0 Å². The molecule has 0 aliphatic heterocycles. The molecule has 3 nitrogen and oxygen atoms in total. The summed E-state index contributed by atoms with van der Waals surface area (Å²) >= 11 is 0. The van der Waals surface area contributed by atoms with Crippen molar-refractivity contribution >= 4 is 15.7 Å². The summed E-state index contributed by atoms with van der Waals surface area (Å²) in [5.74, 6) is 0. The van der Waals surface area contributed by atoms with Crippen LogP contribution in [0.4, 0.5) is 5.69 Å². The maximum absolute atomic E-state index is 13.2. The van der Waals surface area contributed by atoms with Gasteiger partial charge >= 0.3 is 0 Å². The molecule has 3 aromatic carbocycles. The SMILES string of the molecule is C=CCN(c1ccccc1-c1ccccc1)S(=O)(=O)c1ccccc1. The molecule has 0 unspecified atom stereocenters. The number of anilines is 1. The third-order valence-electron chi connectivity index (χ3n) is 3.88. The summed E-state index contributed by atoms with van der Waals surface area (Å²) in [7, 11) is -3.68. The highest BCUT2D eigenvalue weighted by Gasteiger charge is 2.25. The van der Waals surface area contributed by atoms with Gasteiger partial charge in [-0.25, -0.2) is 8.42 Å². The zero-order chi connectivity index (χ0) is 17.7. The molecular weight excluding hydrogens is 330 g/mol. The fraction of sp³-hybridized carbons (Fsp3) is 0.0476. The van der Waals surface area contributed by atoms with Gasteiger partial charge < -0.3 is 0 Å². The molecule has 3 aromatic rings. The zero-order valence-corrected chi connectivity index (χ0v) is 14.6. The number of nitrogens with zero attached hydrogens (tertiary/aromatic N) is 1. The van der Waals surface area contributed by atoms with Crippen molar-refractivity contribution in [3.63, 3.8) is 0 Å². The molecule has 0 aliphatic carbocycles. The summed E-state index contributed by atoms with van der Waals surface area (Å²) < 4.78 is 27.8. The second-order valence-corrected chi connectivity index (χ2v) is 7.38. The van der Waals surface area contributed by atoms with Gasteiger partial charge in [0.05, 0.1) is 17.1 Å². The van der Waals surface area contributed by atoms with Crippen molar-refractivity contribution in [1.29, 1.82) is 0 Å². The monoisotopic (exact) mass is 349 g/mol. The lowest BCUT2D eigenvalue weighted by Crippen LogP contribution is -2.31. The second-order valence-electron chi connectivity index (χ2n) is 5.52. The van der Waals surface area contributed by atoms with Crippen molar-refractivity contribution in [3.05, 3.63) is 97.6 Å². The largest absolute Gasteiger partial charge is 0.264 e. The second kappa shape index (κ2) is 7.36. The third-order valence-corrected chi connectivity index (χ3v) is 5.68. The average Bonchev–Trinajstić information content (AvgIpc) is 2.67. The van der Waals surface area contributed by atoms with Crippen molar-refractivity contribution in [2.75, 3.05) is 10.8 Å². The predicted octanol–water partition coefficient (Wildman–Crippen LogP) is 4.73. The van der Waals surface area contributed by atoms with Crippen LogP contribution >= 0.6 is 0 Å². The van der Waals surface area contributed by atoms with Crippen LogP contribution in [0.5, 0.6) is 0 Å². The summed E-state index contributed by atoms with van der Waals surface area (Å²) in [6, 6.07) is 25.7. The van der Waals surface area contributed by atoms with E-state index < -0.39 is 10.0 Å². The van der Waals surface area contributed by atoms with E-state index in [1.807, 2.05) is 54.6 Å². The van der Waals surface area contributed by atoms with Crippen LogP contribution in [0.15, 0.2) is 102 Å². The molecule has 0 aliphatic rings. The maximum atomic E-state index is 13.2. The highest BCUT2D eigenvalue weighted by molar-refractivity contribution is 7.92. The van der Waals surface area contributed by atoms with Crippen molar-refractivity contribution < 1.29 is 8.42 Å². The highest BCUT2D eigenvalue weighted by atomic mass is 32.2. The standard InChI is InChI=1S/C21H19NO2S/c1-2-17-22(25(23,24)19-13-7-4-8-14-19)21-16-10-9-15-20(21)18-11-5-3-6-12-18/h2-16H,1,17H2. The van der Waals surface area contributed by atoms with Crippen molar-refractivity contribution in [3.8, 4) is 11.1 Å². The van der Waals surface area contributed by atoms with Gasteiger partial charge in [0.2, 0.25) is 0 Å². The van der Waals surface area contributed by atoms with Gasteiger partial charge in [-0.05, 0) is 23.8 Å². The molecule has 0 saturated carbocycles. The van der Waals surface area contributed by atoms with Gasteiger partial charge in [0, 0.05) is 5.56 Å². The first-order chi connectivity index (χ1) is 12.1. The first-order valence-corrected chi connectivity index (χ1v) is 9.42. The van der Waals surface area contributed by atoms with E-state index >= 15 is 0 Å². The summed E-state index contributed by atoms with van der Waals surface area (Å²) in [5.41, 5.74) is 2.47. The van der Waals surface area contributed by atoms with E-state index in [-0.39, 0.29) is 11.4 Å². The number of hydrogen-bond acceptors (Lipinski definition) is 2. The fourth-order valence-electron chi connectivity index (χ4n) is 2.72. The molecule has 0 saturated heterocycles. The Morgan fingerprint density at radius 2 is 1.36 bits per heavy atom. The van der Waals surface area contributed by atoms with Gasteiger partial charge in [-0.3, -0.25) is 4.31 Å². The van der Waals surface area contributed by atoms with E-state index in [1.165, 1.54) is 4.31 Å². The summed E-state index contributed by atoms with van der Waals surface area (Å²) in [4.78, 5) is 0.264. The number of sulfonamides is 1. The summed E-state index contributed by atoms with van der Waals surface area (Å²) in [6.07, 6.45) is 1.60. The Hall–Kier alpha value is -2.85. The topological polar surface area (TPSA) is 37.4 Å². The Bertz CT molecular complexity index is 951. The Kier molecular flexibility index (Phi) is 5.00. The smallest absolute Gasteiger partial charge is 0.262 e. The summed E-state index contributed by atoms with van der Waals surface area (Å²) in [5, 5.41) is 0. The summed E-state index contributed by atoms with van der Waals surface area (Å²) in [6.45, 7) is 3.92. The Labute approximate surface area is 148 Å². The first-order valence-electron chi connectivity index (χ1n) is 7.98. The van der Waals surface area contributed by atoms with Gasteiger partial charge in [0.25, 0.3) is 10.0 Å². The molecule has 3 rings (SSSR count). The molecular formula is C21H19NO2S. The predicted molar refractivity (Wildman–Crippen MR) is 103 cm³/mol. The first kappa shape index (κ1) is 17.0. The van der Waals surface area contributed by atoms with Crippen molar-refractivity contribution in [2.45, 2.75) is 4.90 Å². The molecule has 0 amide bonds. The number of rotatable bonds is 6. The minimum Gasteiger partial charge on any atom is -0.262 e. The molecule has 0 heterocycles. The molecule has 0 radical (unpaired) electrons. The number of para-hydroxylation sites is 1. The minimum atomic E-state index is -3.68. The van der Waals surface area contributed by atoms with E-state index in [0.29, 0.717) is 5.69 Å². The molecule has 0 spiro atoms. The quantitative estimate of drug-likeness (QED) is 0.603. The van der Waals surface area contributed by atoms with E-state index in [9.17, 15) is 8.42 Å². The van der Waals surface area contributed by atoms with E-state index in [0.717, 1.165) is 11.1 Å². The molecule has 0 atom stereocenters. The molecule has 25 heavy (non-hydrogen) atoms. The Morgan fingerprint density at radius 3 is 2.00 bits per heavy atom. The van der Waals surface area contributed by atoms with Crippen LogP contribution in [0.25, 0.3) is 11.1 Å². The normalized spacial score (nSPS) is 11.0. The zero-order valence-electron chi connectivity index (χ0n) is 13.7. The molecule has 4 heteroatoms. The lowest BCUT2D eigenvalue weighted by Gasteiger charge is -2.25. The minimum absolute atomic E-state index is 0.196. The molecule has 0 N–H and O–H groups in total. The maximum Gasteiger partial charge on any atom is 0.264 e. The van der Waals surface area contributed by atoms with Gasteiger partial charge in [0.1, 0.15) is 0 Å². The number of benzene rings is 3. The Balaban J connectivity index is 2.16. The van der Waals surface area contributed by atoms with Crippen LogP contribution in [-0.2, 0) is 10.0 Å². The van der Waals surface area contributed by atoms with Gasteiger partial charge in [0.15, 0.2) is 0 Å². The van der Waals surface area contributed by atoms with Crippen molar-refractivity contribution in [2.24, 2.45) is 0 Å². The van der Waals surface area contributed by atoms with Crippen molar-refractivity contribution in [1.82, 2.24) is 0 Å². The molecule has 0 aromatic heterocycles. The lowest BCUT2D eigenvalue weighted by molar-refractivity contribution is 0.593. The van der Waals surface area contributed by atoms with Crippen LogP contribution in [-0.4, -0.2) is 15.0 Å². The van der Waals surface area contributed by atoms with Crippen LogP contribution in [0.1, 0.15) is 0 Å². The van der Waals surface area contributed by atoms with Crippen LogP contribution < -0.4 is 4.31 Å². The highest BCUT2D eigenvalue weighted by Crippen LogP contribution is 2.33. The van der Waals surface area contributed by atoms with E-state index in [1.54, 1.807) is 36.4 Å². The Morgan fingerprint density at radius 1 is 0.800 bits per heavy atom. The van der Waals surface area contributed by atoms with Crippen LogP contribution in [0.2, 0.25) is 0 Å². The average molecular weight is 349 g/mol. The molecule has 0 bridgehead atoms. The van der Waals surface area contributed by atoms with Gasteiger partial charge in [-0.1, -0.05) is 72.8 Å². The van der Waals surface area contributed by atoms with Crippen LogP contribution in [0.3, 0.4) is 0 Å². The van der Waals surface area contributed by atoms with E-state index in [4.69, 9.17) is 0 Å². The third kappa shape index (κ3) is 3.49. The van der Waals surface area contributed by atoms with Gasteiger partial charge in [-0.2, -0.15) is 0 Å². The van der Waals surface area contributed by atoms with Gasteiger partial charge in [-0.15, -0.1) is 6.58 Å². The fourth-order valence-corrected chi connectivity index (χ4v) is 4.19.